The third-order valence-electron chi connectivity index (χ3n) is 7.43. The minimum atomic E-state index is -0.206. The smallest absolute Gasteiger partial charge is 0.151 e. The van der Waals surface area contributed by atoms with Gasteiger partial charge in [0.1, 0.15) is 11.6 Å². The molecule has 0 unspecified atom stereocenters. The quantitative estimate of drug-likeness (QED) is 0.564. The van der Waals surface area contributed by atoms with Gasteiger partial charge in [-0.15, -0.1) is 10.2 Å². The second kappa shape index (κ2) is 8.33. The van der Waals surface area contributed by atoms with E-state index in [4.69, 9.17) is 16.7 Å². The van der Waals surface area contributed by atoms with Crippen LogP contribution in [0.15, 0.2) is 30.6 Å². The maximum absolute atomic E-state index is 9.64. The lowest BCUT2D eigenvalue weighted by Crippen LogP contribution is -2.35. The van der Waals surface area contributed by atoms with E-state index in [1.165, 1.54) is 0 Å². The number of piperidine rings is 1. The van der Waals surface area contributed by atoms with E-state index in [2.05, 4.69) is 41.6 Å². The van der Waals surface area contributed by atoms with Crippen LogP contribution in [-0.2, 0) is 13.1 Å². The number of nitriles is 1. The van der Waals surface area contributed by atoms with Crippen LogP contribution in [0, 0.1) is 23.7 Å². The molecule has 174 valence electrons. The molecule has 3 aromatic rings. The fourth-order valence-corrected chi connectivity index (χ4v) is 5.61. The predicted molar refractivity (Wildman–Crippen MR) is 129 cm³/mol. The molecule has 9 heteroatoms. The van der Waals surface area contributed by atoms with Gasteiger partial charge >= 0.3 is 0 Å². The average Bonchev–Trinajstić information content (AvgIpc) is 3.53. The zero-order chi connectivity index (χ0) is 23.3. The summed E-state index contributed by atoms with van der Waals surface area (Å²) in [7, 11) is 0. The Kier molecular flexibility index (Phi) is 5.27. The van der Waals surface area contributed by atoms with Crippen LogP contribution in [0.25, 0.3) is 5.69 Å². The Morgan fingerprint density at radius 3 is 2.65 bits per heavy atom. The van der Waals surface area contributed by atoms with Gasteiger partial charge in [0.15, 0.2) is 5.82 Å². The summed E-state index contributed by atoms with van der Waals surface area (Å²) in [6.45, 7) is 6.03. The minimum Gasteiger partial charge on any atom is -0.355 e. The van der Waals surface area contributed by atoms with Crippen molar-refractivity contribution in [3.05, 3.63) is 58.5 Å². The molecule has 3 aliphatic rings. The van der Waals surface area contributed by atoms with Crippen molar-refractivity contribution in [2.24, 2.45) is 5.41 Å². The van der Waals surface area contributed by atoms with Gasteiger partial charge in [-0.05, 0) is 56.4 Å². The average molecular weight is 475 g/mol. The summed E-state index contributed by atoms with van der Waals surface area (Å²) < 4.78 is 2.26. The maximum atomic E-state index is 9.64. The Labute approximate surface area is 204 Å². The van der Waals surface area contributed by atoms with Crippen molar-refractivity contribution in [2.75, 3.05) is 24.5 Å². The lowest BCUT2D eigenvalue weighted by molar-refractivity contribution is 0.223. The number of nitrogens with zero attached hydrogens (tertiary/aromatic N) is 8. The Morgan fingerprint density at radius 2 is 1.91 bits per heavy atom. The monoisotopic (exact) mass is 474 g/mol. The molecule has 1 saturated heterocycles. The first-order valence-electron chi connectivity index (χ1n) is 11.9. The lowest BCUT2D eigenvalue weighted by Gasteiger charge is -2.33. The molecule has 1 saturated carbocycles. The molecule has 0 spiro atoms. The summed E-state index contributed by atoms with van der Waals surface area (Å²) in [5.74, 6) is 3.26. The van der Waals surface area contributed by atoms with Crippen molar-refractivity contribution in [2.45, 2.75) is 51.6 Å². The third kappa shape index (κ3) is 3.83. The molecule has 2 aliphatic heterocycles. The van der Waals surface area contributed by atoms with E-state index in [1.54, 1.807) is 12.4 Å². The summed E-state index contributed by atoms with van der Waals surface area (Å²) >= 11 is 6.40. The van der Waals surface area contributed by atoms with Gasteiger partial charge in [-0.2, -0.15) is 5.26 Å². The van der Waals surface area contributed by atoms with Crippen molar-refractivity contribution in [3.8, 4) is 11.8 Å². The number of fused-ring (bicyclic) bond motifs is 3. The second-order valence-corrected chi connectivity index (χ2v) is 10.3. The first-order chi connectivity index (χ1) is 16.5. The molecular weight excluding hydrogens is 448 g/mol. The molecule has 8 nitrogen and oxygen atoms in total. The van der Waals surface area contributed by atoms with E-state index < -0.39 is 0 Å². The minimum absolute atomic E-state index is 0.206. The summed E-state index contributed by atoms with van der Waals surface area (Å²) in [5.41, 5.74) is 3.03. The van der Waals surface area contributed by atoms with E-state index in [-0.39, 0.29) is 5.41 Å². The van der Waals surface area contributed by atoms with Gasteiger partial charge in [0.05, 0.1) is 29.4 Å². The van der Waals surface area contributed by atoms with Crippen molar-refractivity contribution in [1.29, 1.82) is 5.26 Å². The number of hydrogen-bond acceptors (Lipinski definition) is 7. The number of anilines is 1. The topological polar surface area (TPSA) is 86.8 Å². The highest BCUT2D eigenvalue weighted by Gasteiger charge is 2.45. The highest BCUT2D eigenvalue weighted by Crippen LogP contribution is 2.46. The van der Waals surface area contributed by atoms with Crippen LogP contribution < -0.4 is 4.90 Å². The molecule has 6 rings (SSSR count). The molecule has 2 aromatic heterocycles. The van der Waals surface area contributed by atoms with E-state index in [0.717, 1.165) is 91.3 Å². The molecule has 0 radical (unpaired) electrons. The number of rotatable bonds is 4. The molecule has 34 heavy (non-hydrogen) atoms. The predicted octanol–water partition coefficient (Wildman–Crippen LogP) is 4.02. The number of benzene rings is 1. The third-order valence-corrected chi connectivity index (χ3v) is 7.66. The van der Waals surface area contributed by atoms with Crippen LogP contribution in [0.4, 0.5) is 5.82 Å². The van der Waals surface area contributed by atoms with E-state index in [9.17, 15) is 5.26 Å². The number of aryl methyl sites for hydroxylation is 1. The van der Waals surface area contributed by atoms with Crippen LogP contribution in [-0.4, -0.2) is 49.3 Å². The van der Waals surface area contributed by atoms with Crippen LogP contribution in [0.2, 0.25) is 5.02 Å². The SMILES string of the molecule is Cc1nccnc1N1CCC(c2nnc3n2-c2ccc(Cl)cc2CN(CC2(C#N)CC2)C3)CC1. The first kappa shape index (κ1) is 21.5. The van der Waals surface area contributed by atoms with Crippen LogP contribution in [0.3, 0.4) is 0 Å². The largest absolute Gasteiger partial charge is 0.355 e. The molecule has 2 fully saturated rings. The van der Waals surface area contributed by atoms with Crippen LogP contribution in [0.1, 0.15) is 54.5 Å². The maximum Gasteiger partial charge on any atom is 0.151 e. The Morgan fingerprint density at radius 1 is 1.12 bits per heavy atom. The number of aromatic nitrogens is 5. The number of hydrogen-bond donors (Lipinski definition) is 0. The molecule has 0 bridgehead atoms. The fraction of sp³-hybridized carbons (Fsp3) is 0.480. The molecule has 0 amide bonds. The second-order valence-electron chi connectivity index (χ2n) is 9.85. The van der Waals surface area contributed by atoms with Gasteiger partial charge in [-0.25, -0.2) is 4.98 Å². The van der Waals surface area contributed by atoms with Gasteiger partial charge in [0, 0.05) is 49.5 Å². The van der Waals surface area contributed by atoms with Crippen LogP contribution >= 0.6 is 11.6 Å². The zero-order valence-corrected chi connectivity index (χ0v) is 20.0. The molecule has 0 N–H and O–H groups in total. The van der Waals surface area contributed by atoms with Gasteiger partial charge in [-0.3, -0.25) is 14.5 Å². The highest BCUT2D eigenvalue weighted by molar-refractivity contribution is 6.30. The van der Waals surface area contributed by atoms with E-state index in [1.807, 2.05) is 19.1 Å². The van der Waals surface area contributed by atoms with Gasteiger partial charge in [0.25, 0.3) is 0 Å². The molecule has 4 heterocycles. The van der Waals surface area contributed by atoms with Gasteiger partial charge < -0.3 is 4.90 Å². The molecule has 0 atom stereocenters. The van der Waals surface area contributed by atoms with Gasteiger partial charge in [0.2, 0.25) is 0 Å². The highest BCUT2D eigenvalue weighted by atomic mass is 35.5. The summed E-state index contributed by atoms with van der Waals surface area (Å²) in [5, 5.41) is 19.7. The standard InChI is InChI=1S/C25H27ClN8/c1-17-23(29-9-8-28-17)33-10-4-18(5-11-33)24-31-30-22-14-32(16-25(15-27)6-7-25)13-19-12-20(26)2-3-21(19)34(22)24/h2-3,8-9,12,18H,4-7,10-11,13-14,16H2,1H3. The first-order valence-corrected chi connectivity index (χ1v) is 12.3. The van der Waals surface area contributed by atoms with Crippen molar-refractivity contribution >= 4 is 17.4 Å². The van der Waals surface area contributed by atoms with Gasteiger partial charge in [-0.1, -0.05) is 11.6 Å². The summed E-state index contributed by atoms with van der Waals surface area (Å²) in [6.07, 6.45) is 7.43. The Hall–Kier alpha value is -3.02. The van der Waals surface area contributed by atoms with Crippen molar-refractivity contribution in [3.63, 3.8) is 0 Å². The molecular formula is C25H27ClN8. The van der Waals surface area contributed by atoms with Crippen molar-refractivity contribution in [1.82, 2.24) is 29.6 Å². The molecule has 1 aliphatic carbocycles. The Balaban J connectivity index is 1.30. The van der Waals surface area contributed by atoms with Crippen LogP contribution in [0.5, 0.6) is 0 Å². The lowest BCUT2D eigenvalue weighted by atomic mass is 9.95. The number of halogens is 1. The van der Waals surface area contributed by atoms with E-state index in [0.29, 0.717) is 12.5 Å². The summed E-state index contributed by atoms with van der Waals surface area (Å²) in [4.78, 5) is 13.6. The summed E-state index contributed by atoms with van der Waals surface area (Å²) in [6, 6.07) is 8.62. The fourth-order valence-electron chi connectivity index (χ4n) is 5.41. The van der Waals surface area contributed by atoms with Crippen molar-refractivity contribution < 1.29 is 0 Å². The Bertz CT molecular complexity index is 1270. The van der Waals surface area contributed by atoms with E-state index >= 15 is 0 Å². The normalized spacial score (nSPS) is 19.7. The molecule has 1 aromatic carbocycles. The zero-order valence-electron chi connectivity index (χ0n) is 19.3.